The molecule has 0 aromatic carbocycles. The first kappa shape index (κ1) is 14.2. The minimum Gasteiger partial charge on any atom is -0.295 e. The first-order valence-corrected chi connectivity index (χ1v) is 4.35. The van der Waals surface area contributed by atoms with Crippen molar-refractivity contribution in [3.63, 3.8) is 0 Å². The molecule has 0 unspecified atom stereocenters. The van der Waals surface area contributed by atoms with E-state index in [0.29, 0.717) is 5.57 Å². The minimum atomic E-state index is 0.0220. The van der Waals surface area contributed by atoms with E-state index in [1.165, 1.54) is 13.0 Å². The van der Waals surface area contributed by atoms with Crippen molar-refractivity contribution in [2.45, 2.75) is 20.8 Å². The first-order chi connectivity index (χ1) is 6.22. The molecule has 0 aromatic rings. The highest BCUT2D eigenvalue weighted by molar-refractivity contribution is 5.96. The van der Waals surface area contributed by atoms with Crippen molar-refractivity contribution in [2.75, 3.05) is 0 Å². The second-order valence-corrected chi connectivity index (χ2v) is 2.00. The normalized spacial score (nSPS) is 10.2. The molecule has 0 radical (unpaired) electrons. The fraction of sp³-hybridized carbons (Fsp3) is 0.250. The van der Waals surface area contributed by atoms with Crippen LogP contribution in [0.5, 0.6) is 0 Å². The van der Waals surface area contributed by atoms with Crippen LogP contribution < -0.4 is 0 Å². The number of ketones is 1. The molecule has 0 aliphatic rings. The van der Waals surface area contributed by atoms with Crippen LogP contribution in [0, 0.1) is 0 Å². The molecule has 0 saturated heterocycles. The number of allylic oxidation sites excluding steroid dienone is 6. The van der Waals surface area contributed by atoms with Crippen molar-refractivity contribution < 1.29 is 4.79 Å². The van der Waals surface area contributed by atoms with Crippen molar-refractivity contribution in [3.05, 3.63) is 49.1 Å². The summed E-state index contributed by atoms with van der Waals surface area (Å²) in [6.07, 6.45) is 8.40. The molecule has 0 bridgehead atoms. The maximum atomic E-state index is 10.8. The van der Waals surface area contributed by atoms with E-state index in [0.717, 1.165) is 0 Å². The average Bonchev–Trinajstić information content (AvgIpc) is 2.15. The molecule has 0 amide bonds. The fourth-order valence-corrected chi connectivity index (χ4v) is 0.567. The van der Waals surface area contributed by atoms with Crippen LogP contribution in [0.15, 0.2) is 49.1 Å². The summed E-state index contributed by atoms with van der Waals surface area (Å²) in [4.78, 5) is 10.8. The molecule has 72 valence electrons. The summed E-state index contributed by atoms with van der Waals surface area (Å²) in [7, 11) is 0. The summed E-state index contributed by atoms with van der Waals surface area (Å²) in [6, 6.07) is 0. The van der Waals surface area contributed by atoms with Gasteiger partial charge in [-0.3, -0.25) is 4.79 Å². The molecule has 0 heterocycles. The molecule has 0 spiro atoms. The Balaban J connectivity index is 0. The van der Waals surface area contributed by atoms with Gasteiger partial charge in [-0.2, -0.15) is 0 Å². The van der Waals surface area contributed by atoms with Crippen LogP contribution in [0.4, 0.5) is 0 Å². The van der Waals surface area contributed by atoms with E-state index in [1.807, 2.05) is 13.8 Å². The van der Waals surface area contributed by atoms with Gasteiger partial charge < -0.3 is 0 Å². The van der Waals surface area contributed by atoms with E-state index >= 15 is 0 Å². The summed E-state index contributed by atoms with van der Waals surface area (Å²) in [5, 5.41) is 0. The van der Waals surface area contributed by atoms with Crippen LogP contribution in [-0.2, 0) is 4.79 Å². The van der Waals surface area contributed by atoms with Crippen molar-refractivity contribution in [3.8, 4) is 0 Å². The van der Waals surface area contributed by atoms with E-state index in [2.05, 4.69) is 13.2 Å². The van der Waals surface area contributed by atoms with Crippen LogP contribution in [0.25, 0.3) is 0 Å². The molecule has 0 saturated carbocycles. The zero-order valence-electron chi connectivity index (χ0n) is 8.71. The second-order valence-electron chi connectivity index (χ2n) is 2.00. The van der Waals surface area contributed by atoms with Gasteiger partial charge in [0.1, 0.15) is 0 Å². The molecule has 0 N–H and O–H groups in total. The zero-order chi connectivity index (χ0) is 10.7. The highest BCUT2D eigenvalue weighted by atomic mass is 16.1. The van der Waals surface area contributed by atoms with E-state index in [4.69, 9.17) is 0 Å². The highest BCUT2D eigenvalue weighted by Crippen LogP contribution is 1.97. The van der Waals surface area contributed by atoms with Crippen LogP contribution in [0.3, 0.4) is 0 Å². The number of carbonyl (C=O) groups excluding carboxylic acids is 1. The Labute approximate surface area is 81.2 Å². The molecule has 0 rings (SSSR count). The Kier molecular flexibility index (Phi) is 11.6. The second kappa shape index (κ2) is 10.6. The Hall–Kier alpha value is -1.37. The molecular formula is C12H18O. The van der Waals surface area contributed by atoms with Gasteiger partial charge in [0, 0.05) is 5.57 Å². The summed E-state index contributed by atoms with van der Waals surface area (Å²) in [5.74, 6) is 0.0220. The molecule has 0 aromatic heterocycles. The highest BCUT2D eigenvalue weighted by Gasteiger charge is 1.93. The topological polar surface area (TPSA) is 17.1 Å². The number of Topliss-reactive ketones (excluding diaryl/α,β-unsaturated/α-hetero) is 1. The molecular weight excluding hydrogens is 160 g/mol. The molecule has 1 heteroatoms. The van der Waals surface area contributed by atoms with Gasteiger partial charge in [-0.05, 0) is 6.92 Å². The smallest absolute Gasteiger partial charge is 0.159 e. The zero-order valence-corrected chi connectivity index (χ0v) is 8.71. The quantitative estimate of drug-likeness (QED) is 0.476. The summed E-state index contributed by atoms with van der Waals surface area (Å²) < 4.78 is 0. The van der Waals surface area contributed by atoms with E-state index in [9.17, 15) is 4.79 Å². The van der Waals surface area contributed by atoms with Gasteiger partial charge in [-0.15, -0.1) is 0 Å². The molecule has 13 heavy (non-hydrogen) atoms. The number of hydrogen-bond acceptors (Lipinski definition) is 1. The van der Waals surface area contributed by atoms with E-state index in [1.54, 1.807) is 24.3 Å². The van der Waals surface area contributed by atoms with Gasteiger partial charge in [0.05, 0.1) is 0 Å². The lowest BCUT2D eigenvalue weighted by Gasteiger charge is -1.89. The van der Waals surface area contributed by atoms with Gasteiger partial charge >= 0.3 is 0 Å². The monoisotopic (exact) mass is 178 g/mol. The Bertz CT molecular complexity index is 219. The average molecular weight is 178 g/mol. The first-order valence-electron chi connectivity index (χ1n) is 4.35. The Morgan fingerprint density at radius 1 is 1.15 bits per heavy atom. The third-order valence-corrected chi connectivity index (χ3v) is 1.15. The number of hydrogen-bond donors (Lipinski definition) is 0. The lowest BCUT2D eigenvalue weighted by molar-refractivity contribution is -0.113. The molecule has 0 aliphatic heterocycles. The fourth-order valence-electron chi connectivity index (χ4n) is 0.567. The molecule has 0 aliphatic carbocycles. The number of carbonyl (C=O) groups is 1. The standard InChI is InChI=1S/C10H12O.C2H6/c1-4-6-7-8-10(5-2)9(3)11;1-2/h4-8H,1-2H2,3H3;1-2H3/b7-6-,10-8+;. The summed E-state index contributed by atoms with van der Waals surface area (Å²) in [5.41, 5.74) is 0.614. The van der Waals surface area contributed by atoms with Crippen molar-refractivity contribution in [1.29, 1.82) is 0 Å². The number of rotatable bonds is 4. The van der Waals surface area contributed by atoms with Gasteiger partial charge in [-0.1, -0.05) is 57.4 Å². The largest absolute Gasteiger partial charge is 0.295 e. The Morgan fingerprint density at radius 3 is 2.00 bits per heavy atom. The Morgan fingerprint density at radius 2 is 1.69 bits per heavy atom. The summed E-state index contributed by atoms with van der Waals surface area (Å²) >= 11 is 0. The minimum absolute atomic E-state index is 0.0220. The van der Waals surface area contributed by atoms with E-state index in [-0.39, 0.29) is 5.78 Å². The summed E-state index contributed by atoms with van der Waals surface area (Å²) in [6.45, 7) is 12.5. The van der Waals surface area contributed by atoms with Crippen LogP contribution in [0.2, 0.25) is 0 Å². The van der Waals surface area contributed by atoms with Gasteiger partial charge in [0.2, 0.25) is 0 Å². The van der Waals surface area contributed by atoms with Gasteiger partial charge in [0.15, 0.2) is 5.78 Å². The lowest BCUT2D eigenvalue weighted by atomic mass is 10.2. The lowest BCUT2D eigenvalue weighted by Crippen LogP contribution is -1.90. The van der Waals surface area contributed by atoms with Crippen LogP contribution in [-0.4, -0.2) is 5.78 Å². The third kappa shape index (κ3) is 8.54. The SMILES string of the molecule is C=C/C=C\C=C(/C=C)C(C)=O.CC. The predicted molar refractivity (Wildman–Crippen MR) is 59.6 cm³/mol. The van der Waals surface area contributed by atoms with E-state index < -0.39 is 0 Å². The third-order valence-electron chi connectivity index (χ3n) is 1.15. The van der Waals surface area contributed by atoms with Crippen molar-refractivity contribution in [2.24, 2.45) is 0 Å². The van der Waals surface area contributed by atoms with Gasteiger partial charge in [0.25, 0.3) is 0 Å². The maximum absolute atomic E-state index is 10.8. The van der Waals surface area contributed by atoms with Crippen LogP contribution in [0.1, 0.15) is 20.8 Å². The van der Waals surface area contributed by atoms with Gasteiger partial charge in [-0.25, -0.2) is 0 Å². The molecule has 0 fully saturated rings. The maximum Gasteiger partial charge on any atom is 0.159 e. The molecule has 0 atom stereocenters. The molecule has 1 nitrogen and oxygen atoms in total. The predicted octanol–water partition coefficient (Wildman–Crippen LogP) is 3.46. The van der Waals surface area contributed by atoms with Crippen molar-refractivity contribution in [1.82, 2.24) is 0 Å². The van der Waals surface area contributed by atoms with Crippen molar-refractivity contribution >= 4 is 5.78 Å². The van der Waals surface area contributed by atoms with Crippen LogP contribution >= 0.6 is 0 Å².